The highest BCUT2D eigenvalue weighted by Gasteiger charge is 2.35. The van der Waals surface area contributed by atoms with Gasteiger partial charge in [0.1, 0.15) is 0 Å². The number of aryl methyl sites for hydroxylation is 2. The molecule has 3 amide bonds. The number of halogens is 1. The fourth-order valence-corrected chi connectivity index (χ4v) is 3.64. The molecule has 0 fully saturated rings. The molecule has 142 valence electrons. The number of rotatable bonds is 4. The van der Waals surface area contributed by atoms with Crippen molar-refractivity contribution in [2.75, 3.05) is 11.9 Å². The van der Waals surface area contributed by atoms with Crippen LogP contribution >= 0.6 is 15.9 Å². The Morgan fingerprint density at radius 2 is 1.93 bits per heavy atom. The summed E-state index contributed by atoms with van der Waals surface area (Å²) in [7, 11) is 1.81. The number of aromatic nitrogens is 3. The number of hydrogen-bond donors (Lipinski definition) is 1. The first-order chi connectivity index (χ1) is 13.3. The molecule has 0 atom stereocenters. The van der Waals surface area contributed by atoms with Crippen LogP contribution in [0.4, 0.5) is 5.69 Å². The second-order valence-corrected chi connectivity index (χ2v) is 7.47. The fourth-order valence-electron chi connectivity index (χ4n) is 3.28. The number of nitrogens with zero attached hydrogens (tertiary/aromatic N) is 4. The zero-order valence-corrected chi connectivity index (χ0v) is 16.8. The fraction of sp³-hybridized carbons (Fsp3) is 0.211. The van der Waals surface area contributed by atoms with Crippen molar-refractivity contribution in [3.05, 3.63) is 51.8 Å². The Balaban J connectivity index is 1.43. The van der Waals surface area contributed by atoms with E-state index in [1.54, 1.807) is 36.1 Å². The van der Waals surface area contributed by atoms with Crippen LogP contribution in [0.25, 0.3) is 11.0 Å². The van der Waals surface area contributed by atoms with E-state index in [4.69, 9.17) is 0 Å². The molecule has 1 N–H and O–H groups in total. The summed E-state index contributed by atoms with van der Waals surface area (Å²) in [6, 6.07) is 6.75. The molecule has 0 saturated carbocycles. The van der Waals surface area contributed by atoms with Gasteiger partial charge in [0.05, 0.1) is 28.7 Å². The number of carbonyl (C=O) groups excluding carboxylic acids is 3. The van der Waals surface area contributed by atoms with Crippen molar-refractivity contribution in [2.45, 2.75) is 13.3 Å². The molecule has 2 aromatic heterocycles. The summed E-state index contributed by atoms with van der Waals surface area (Å²) in [5.41, 5.74) is 2.79. The third-order valence-corrected chi connectivity index (χ3v) is 5.14. The van der Waals surface area contributed by atoms with E-state index in [0.717, 1.165) is 26.1 Å². The normalized spacial score (nSPS) is 13.3. The van der Waals surface area contributed by atoms with E-state index >= 15 is 0 Å². The molecular formula is C19H16BrN5O3. The molecule has 1 aliphatic rings. The van der Waals surface area contributed by atoms with E-state index < -0.39 is 0 Å². The zero-order valence-electron chi connectivity index (χ0n) is 15.2. The molecular weight excluding hydrogens is 426 g/mol. The lowest BCUT2D eigenvalue weighted by Gasteiger charge is -2.13. The number of carbonyl (C=O) groups is 3. The number of pyridine rings is 1. The molecule has 0 saturated heterocycles. The van der Waals surface area contributed by atoms with Crippen LogP contribution in [0.3, 0.4) is 0 Å². The van der Waals surface area contributed by atoms with Gasteiger partial charge in [0.2, 0.25) is 5.91 Å². The van der Waals surface area contributed by atoms with Gasteiger partial charge in [-0.05, 0) is 31.2 Å². The van der Waals surface area contributed by atoms with Gasteiger partial charge in [-0.1, -0.05) is 15.9 Å². The molecule has 8 nitrogen and oxygen atoms in total. The van der Waals surface area contributed by atoms with Gasteiger partial charge in [-0.3, -0.25) is 24.0 Å². The Hall–Kier alpha value is -3.07. The van der Waals surface area contributed by atoms with E-state index in [0.29, 0.717) is 16.8 Å². The molecule has 0 bridgehead atoms. The molecule has 3 aromatic rings. The monoisotopic (exact) mass is 441 g/mol. The number of fused-ring (bicyclic) bond motifs is 2. The Morgan fingerprint density at radius 3 is 2.71 bits per heavy atom. The number of nitrogens with one attached hydrogen (secondary N) is 1. The minimum absolute atomic E-state index is 0.00328. The third kappa shape index (κ3) is 3.07. The van der Waals surface area contributed by atoms with Crippen LogP contribution in [0.15, 0.2) is 34.9 Å². The van der Waals surface area contributed by atoms with Gasteiger partial charge in [-0.25, -0.2) is 4.98 Å². The molecule has 1 aromatic carbocycles. The molecule has 1 aliphatic heterocycles. The number of hydrogen-bond acceptors (Lipinski definition) is 5. The minimum atomic E-state index is -0.386. The minimum Gasteiger partial charge on any atom is -0.325 e. The summed E-state index contributed by atoms with van der Waals surface area (Å²) in [5, 5.41) is 7.91. The first-order valence-electron chi connectivity index (χ1n) is 8.60. The number of amides is 3. The Kier molecular flexibility index (Phi) is 4.46. The van der Waals surface area contributed by atoms with Crippen LogP contribution in [0.5, 0.6) is 0 Å². The topological polar surface area (TPSA) is 97.2 Å². The van der Waals surface area contributed by atoms with E-state index in [2.05, 4.69) is 31.3 Å². The second kappa shape index (κ2) is 6.83. The van der Waals surface area contributed by atoms with Gasteiger partial charge in [-0.15, -0.1) is 0 Å². The zero-order chi connectivity index (χ0) is 20.0. The van der Waals surface area contributed by atoms with Gasteiger partial charge in [0.15, 0.2) is 5.65 Å². The SMILES string of the molecule is Cc1nn(C)c2ncc(NC(=O)CCN3C(=O)c4ccc(Br)cc4C3=O)cc12. The van der Waals surface area contributed by atoms with E-state index in [1.165, 1.54) is 0 Å². The Morgan fingerprint density at radius 1 is 1.18 bits per heavy atom. The highest BCUT2D eigenvalue weighted by molar-refractivity contribution is 9.10. The first-order valence-corrected chi connectivity index (χ1v) is 9.39. The maximum absolute atomic E-state index is 12.4. The van der Waals surface area contributed by atoms with Crippen molar-refractivity contribution in [1.82, 2.24) is 19.7 Å². The molecule has 4 rings (SSSR count). The first kappa shape index (κ1) is 18.3. The largest absolute Gasteiger partial charge is 0.325 e. The average molecular weight is 442 g/mol. The smallest absolute Gasteiger partial charge is 0.261 e. The highest BCUT2D eigenvalue weighted by atomic mass is 79.9. The lowest BCUT2D eigenvalue weighted by Crippen LogP contribution is -2.32. The molecule has 0 radical (unpaired) electrons. The average Bonchev–Trinajstić information content (AvgIpc) is 3.07. The second-order valence-electron chi connectivity index (χ2n) is 6.55. The molecule has 0 aliphatic carbocycles. The van der Waals surface area contributed by atoms with Crippen molar-refractivity contribution >= 4 is 50.4 Å². The maximum atomic E-state index is 12.4. The molecule has 28 heavy (non-hydrogen) atoms. The lowest BCUT2D eigenvalue weighted by molar-refractivity contribution is -0.116. The van der Waals surface area contributed by atoms with Crippen LogP contribution in [0, 0.1) is 6.92 Å². The van der Waals surface area contributed by atoms with Gasteiger partial charge in [0, 0.05) is 29.9 Å². The van der Waals surface area contributed by atoms with Crippen molar-refractivity contribution in [1.29, 1.82) is 0 Å². The molecule has 3 heterocycles. The summed E-state index contributed by atoms with van der Waals surface area (Å²) in [6.07, 6.45) is 1.55. The third-order valence-electron chi connectivity index (χ3n) is 4.64. The number of imide groups is 1. The van der Waals surface area contributed by atoms with E-state index in [9.17, 15) is 14.4 Å². The standard InChI is InChI=1S/C19H16BrN5O3/c1-10-14-8-12(9-21-17(14)24(2)23-10)22-16(26)5-6-25-18(27)13-4-3-11(20)7-15(13)19(25)28/h3-4,7-9H,5-6H2,1-2H3,(H,22,26). The quantitative estimate of drug-likeness (QED) is 0.627. The van der Waals surface area contributed by atoms with Crippen LogP contribution in [0.2, 0.25) is 0 Å². The summed E-state index contributed by atoms with van der Waals surface area (Å²) in [6.45, 7) is 1.88. The summed E-state index contributed by atoms with van der Waals surface area (Å²) >= 11 is 3.30. The summed E-state index contributed by atoms with van der Waals surface area (Å²) in [4.78, 5) is 42.6. The van der Waals surface area contributed by atoms with Crippen LogP contribution < -0.4 is 5.32 Å². The van der Waals surface area contributed by atoms with Gasteiger partial charge in [0.25, 0.3) is 11.8 Å². The van der Waals surface area contributed by atoms with Gasteiger partial charge >= 0.3 is 0 Å². The Labute approximate surface area is 168 Å². The van der Waals surface area contributed by atoms with E-state index in [-0.39, 0.29) is 30.7 Å². The molecule has 0 spiro atoms. The van der Waals surface area contributed by atoms with Crippen molar-refractivity contribution in [2.24, 2.45) is 7.05 Å². The number of benzene rings is 1. The maximum Gasteiger partial charge on any atom is 0.261 e. The number of anilines is 1. The highest BCUT2D eigenvalue weighted by Crippen LogP contribution is 2.26. The predicted molar refractivity (Wildman–Crippen MR) is 106 cm³/mol. The van der Waals surface area contributed by atoms with Crippen molar-refractivity contribution < 1.29 is 14.4 Å². The molecule has 9 heteroatoms. The van der Waals surface area contributed by atoms with Gasteiger partial charge < -0.3 is 5.32 Å². The van der Waals surface area contributed by atoms with Crippen LogP contribution in [-0.4, -0.2) is 43.9 Å². The molecule has 0 unspecified atom stereocenters. The lowest BCUT2D eigenvalue weighted by atomic mass is 10.1. The summed E-state index contributed by atoms with van der Waals surface area (Å²) < 4.78 is 2.40. The van der Waals surface area contributed by atoms with Crippen molar-refractivity contribution in [3.8, 4) is 0 Å². The van der Waals surface area contributed by atoms with Gasteiger partial charge in [-0.2, -0.15) is 5.10 Å². The Bertz CT molecular complexity index is 1150. The predicted octanol–water partition coefficient (Wildman–Crippen LogP) is 2.66. The van der Waals surface area contributed by atoms with Crippen molar-refractivity contribution in [3.63, 3.8) is 0 Å². The van der Waals surface area contributed by atoms with E-state index in [1.807, 2.05) is 13.0 Å². The summed E-state index contributed by atoms with van der Waals surface area (Å²) in [5.74, 6) is -1.07. The van der Waals surface area contributed by atoms with Crippen LogP contribution in [-0.2, 0) is 11.8 Å². The van der Waals surface area contributed by atoms with Crippen LogP contribution in [0.1, 0.15) is 32.8 Å².